The Bertz CT molecular complexity index is 478. The van der Waals surface area contributed by atoms with Crippen molar-refractivity contribution in [3.63, 3.8) is 0 Å². The zero-order valence-electron chi connectivity index (χ0n) is 11.9. The number of ether oxygens (including phenoxy) is 1. The molecule has 1 spiro atoms. The molecule has 3 heterocycles. The van der Waals surface area contributed by atoms with Crippen molar-refractivity contribution in [3.05, 3.63) is 35.4 Å². The Kier molecular flexibility index (Phi) is 3.53. The van der Waals surface area contributed by atoms with Gasteiger partial charge >= 0.3 is 0 Å². The highest BCUT2D eigenvalue weighted by Crippen LogP contribution is 2.45. The number of benzene rings is 1. The van der Waals surface area contributed by atoms with Crippen LogP contribution in [0.15, 0.2) is 24.3 Å². The molecule has 3 heteroatoms. The monoisotopic (exact) mass is 289 g/mol. The van der Waals surface area contributed by atoms with E-state index in [1.807, 2.05) is 0 Å². The topological polar surface area (TPSA) is 21.3 Å². The molecule has 1 aromatic carbocycles. The molecule has 2 fully saturated rings. The van der Waals surface area contributed by atoms with Gasteiger partial charge < -0.3 is 10.1 Å². The van der Waals surface area contributed by atoms with Gasteiger partial charge in [0, 0.05) is 19.2 Å². The average molecular weight is 289 g/mol. The van der Waals surface area contributed by atoms with Crippen LogP contribution in [0.1, 0.15) is 42.9 Å². The minimum absolute atomic E-state index is 0.202. The minimum atomic E-state index is 0.202. The van der Waals surface area contributed by atoms with Gasteiger partial charge in [0.25, 0.3) is 0 Å². The molecule has 2 saturated heterocycles. The van der Waals surface area contributed by atoms with Crippen LogP contribution in [0.25, 0.3) is 0 Å². The highest BCUT2D eigenvalue weighted by atomic mass is 32.2. The fourth-order valence-corrected chi connectivity index (χ4v) is 5.43. The van der Waals surface area contributed by atoms with E-state index in [0.717, 1.165) is 19.1 Å². The van der Waals surface area contributed by atoms with Crippen LogP contribution in [0.5, 0.6) is 0 Å². The Hall–Kier alpha value is -0.510. The van der Waals surface area contributed by atoms with E-state index in [2.05, 4.69) is 41.3 Å². The number of hydrogen-bond acceptors (Lipinski definition) is 3. The zero-order chi connectivity index (χ0) is 13.4. The highest BCUT2D eigenvalue weighted by Gasteiger charge is 2.42. The summed E-state index contributed by atoms with van der Waals surface area (Å²) in [5.74, 6) is 3.30. The summed E-state index contributed by atoms with van der Waals surface area (Å²) in [4.78, 5) is 0. The van der Waals surface area contributed by atoms with Crippen LogP contribution in [0.2, 0.25) is 0 Å². The molecule has 2 atom stereocenters. The van der Waals surface area contributed by atoms with E-state index in [9.17, 15) is 0 Å². The molecule has 4 rings (SSSR count). The molecular formula is C17H23NOS. The molecule has 2 unspecified atom stereocenters. The van der Waals surface area contributed by atoms with Gasteiger partial charge in [0.15, 0.2) is 0 Å². The number of rotatable bonds is 1. The highest BCUT2D eigenvalue weighted by molar-refractivity contribution is 7.99. The number of nitrogens with one attached hydrogen (secondary N) is 1. The van der Waals surface area contributed by atoms with Crippen molar-refractivity contribution in [2.75, 3.05) is 18.1 Å². The first-order valence-corrected chi connectivity index (χ1v) is 9.05. The fraction of sp³-hybridized carbons (Fsp3) is 0.647. The predicted octanol–water partition coefficient (Wildman–Crippen LogP) is 3.52. The fourth-order valence-electron chi connectivity index (χ4n) is 4.19. The van der Waals surface area contributed by atoms with E-state index in [4.69, 9.17) is 4.74 Å². The lowest BCUT2D eigenvalue weighted by molar-refractivity contribution is -0.107. The quantitative estimate of drug-likeness (QED) is 0.854. The summed E-state index contributed by atoms with van der Waals surface area (Å²) < 4.78 is 6.24. The largest absolute Gasteiger partial charge is 0.375 e. The molecule has 108 valence electrons. The number of thioether (sulfide) groups is 1. The second-order valence-corrected chi connectivity index (χ2v) is 7.68. The standard InChI is InChI=1S/C17H23NOS/c1-2-4-15-14(3-1)12-18-16(15)13-5-8-19-17(11-13)6-9-20-10-7-17/h1-4,13,16,18H,5-12H2. The van der Waals surface area contributed by atoms with E-state index in [-0.39, 0.29) is 5.60 Å². The molecule has 2 nitrogen and oxygen atoms in total. The van der Waals surface area contributed by atoms with E-state index in [0.29, 0.717) is 6.04 Å². The molecular weight excluding hydrogens is 266 g/mol. The Balaban J connectivity index is 1.54. The first-order valence-electron chi connectivity index (χ1n) is 7.89. The molecule has 1 N–H and O–H groups in total. The third kappa shape index (κ3) is 2.30. The average Bonchev–Trinajstić information content (AvgIpc) is 2.92. The van der Waals surface area contributed by atoms with E-state index >= 15 is 0 Å². The van der Waals surface area contributed by atoms with Crippen LogP contribution in [0.4, 0.5) is 0 Å². The maximum atomic E-state index is 6.24. The van der Waals surface area contributed by atoms with E-state index in [1.54, 1.807) is 5.56 Å². The van der Waals surface area contributed by atoms with Gasteiger partial charge in [-0.3, -0.25) is 0 Å². The van der Waals surface area contributed by atoms with Crippen molar-refractivity contribution in [3.8, 4) is 0 Å². The molecule has 3 aliphatic heterocycles. The summed E-state index contributed by atoms with van der Waals surface area (Å²) in [6.45, 7) is 2.00. The Morgan fingerprint density at radius 2 is 2.05 bits per heavy atom. The molecule has 1 aromatic rings. The van der Waals surface area contributed by atoms with Crippen molar-refractivity contribution in [1.82, 2.24) is 5.32 Å². The third-order valence-electron chi connectivity index (χ3n) is 5.31. The summed E-state index contributed by atoms with van der Waals surface area (Å²) in [6.07, 6.45) is 4.96. The predicted molar refractivity (Wildman–Crippen MR) is 84.0 cm³/mol. The first-order chi connectivity index (χ1) is 9.86. The lowest BCUT2D eigenvalue weighted by atomic mass is 9.77. The second kappa shape index (κ2) is 5.36. The Morgan fingerprint density at radius 3 is 2.95 bits per heavy atom. The van der Waals surface area contributed by atoms with Gasteiger partial charge in [0.1, 0.15) is 0 Å². The van der Waals surface area contributed by atoms with Crippen LogP contribution in [0, 0.1) is 5.92 Å². The van der Waals surface area contributed by atoms with Crippen LogP contribution in [0.3, 0.4) is 0 Å². The van der Waals surface area contributed by atoms with Gasteiger partial charge in [-0.2, -0.15) is 11.8 Å². The molecule has 0 aliphatic carbocycles. The maximum absolute atomic E-state index is 6.24. The summed E-state index contributed by atoms with van der Waals surface area (Å²) in [6, 6.07) is 9.49. The molecule has 0 amide bonds. The van der Waals surface area contributed by atoms with Crippen molar-refractivity contribution in [2.45, 2.75) is 43.9 Å². The molecule has 0 saturated carbocycles. The molecule has 0 aromatic heterocycles. The van der Waals surface area contributed by atoms with Crippen LogP contribution in [-0.4, -0.2) is 23.7 Å². The SMILES string of the molecule is c1ccc2c(c1)CNC2C1CCOC2(CCSCC2)C1. The Morgan fingerprint density at radius 1 is 1.20 bits per heavy atom. The van der Waals surface area contributed by atoms with E-state index in [1.165, 1.54) is 42.8 Å². The third-order valence-corrected chi connectivity index (χ3v) is 6.29. The zero-order valence-corrected chi connectivity index (χ0v) is 12.8. The number of hydrogen-bond donors (Lipinski definition) is 1. The summed E-state index contributed by atoms with van der Waals surface area (Å²) in [5, 5.41) is 3.75. The van der Waals surface area contributed by atoms with Gasteiger partial charge in [-0.1, -0.05) is 24.3 Å². The maximum Gasteiger partial charge on any atom is 0.0701 e. The molecule has 20 heavy (non-hydrogen) atoms. The van der Waals surface area contributed by atoms with Gasteiger partial charge in [0.05, 0.1) is 5.60 Å². The summed E-state index contributed by atoms with van der Waals surface area (Å²) in [7, 11) is 0. The van der Waals surface area contributed by atoms with Crippen LogP contribution in [-0.2, 0) is 11.3 Å². The number of fused-ring (bicyclic) bond motifs is 1. The van der Waals surface area contributed by atoms with Crippen LogP contribution >= 0.6 is 11.8 Å². The van der Waals surface area contributed by atoms with Gasteiger partial charge in [-0.05, 0) is 54.2 Å². The Labute approximate surface area is 125 Å². The second-order valence-electron chi connectivity index (χ2n) is 6.45. The normalized spacial score (nSPS) is 32.2. The summed E-state index contributed by atoms with van der Waals surface area (Å²) >= 11 is 2.09. The van der Waals surface area contributed by atoms with E-state index < -0.39 is 0 Å². The van der Waals surface area contributed by atoms with Crippen molar-refractivity contribution >= 4 is 11.8 Å². The van der Waals surface area contributed by atoms with Gasteiger partial charge in [-0.15, -0.1) is 0 Å². The van der Waals surface area contributed by atoms with Crippen molar-refractivity contribution in [1.29, 1.82) is 0 Å². The van der Waals surface area contributed by atoms with Crippen LogP contribution < -0.4 is 5.32 Å². The lowest BCUT2D eigenvalue weighted by Crippen LogP contribution is -2.45. The van der Waals surface area contributed by atoms with Gasteiger partial charge in [0.2, 0.25) is 0 Å². The smallest absolute Gasteiger partial charge is 0.0701 e. The first kappa shape index (κ1) is 13.2. The van der Waals surface area contributed by atoms with Crippen molar-refractivity contribution < 1.29 is 4.74 Å². The molecule has 0 bridgehead atoms. The van der Waals surface area contributed by atoms with Gasteiger partial charge in [-0.25, -0.2) is 0 Å². The lowest BCUT2D eigenvalue weighted by Gasteiger charge is -2.45. The minimum Gasteiger partial charge on any atom is -0.375 e. The molecule has 0 radical (unpaired) electrons. The molecule has 3 aliphatic rings. The summed E-state index contributed by atoms with van der Waals surface area (Å²) in [5.41, 5.74) is 3.24. The van der Waals surface area contributed by atoms with Crippen molar-refractivity contribution in [2.24, 2.45) is 5.92 Å².